The topological polar surface area (TPSA) is 99.0 Å². The number of thioether (sulfide) groups is 1. The summed E-state index contributed by atoms with van der Waals surface area (Å²) < 4.78 is 12.4. The number of non-ortho nitro benzene ring substituents is 1. The molecule has 0 aliphatic carbocycles. The standard InChI is InChI=1S/C26H21IN2O6S/c1-16-3-5-18(6-4-16)15-35-24-21(27)11-19(12-22(24)34-2)13-23-25(30)28(26(31)36-23)14-17-7-9-20(10-8-17)29(32)33/h3-13H,14-15H2,1-2H3/b23-13-. The van der Waals surface area contributed by atoms with Crippen LogP contribution in [-0.4, -0.2) is 28.1 Å². The SMILES string of the molecule is COc1cc(/C=C2\SC(=O)N(Cc3ccc([N+](=O)[O-])cc3)C2=O)cc(I)c1OCc1ccc(C)cc1. The Hall–Kier alpha value is -3.38. The van der Waals surface area contributed by atoms with Crippen molar-refractivity contribution in [3.63, 3.8) is 0 Å². The maximum Gasteiger partial charge on any atom is 0.293 e. The molecular weight excluding hydrogens is 595 g/mol. The van der Waals surface area contributed by atoms with Crippen molar-refractivity contribution in [3.8, 4) is 11.5 Å². The second kappa shape index (κ2) is 11.1. The second-order valence-electron chi connectivity index (χ2n) is 8.00. The van der Waals surface area contributed by atoms with Gasteiger partial charge in [-0.2, -0.15) is 0 Å². The van der Waals surface area contributed by atoms with E-state index in [0.29, 0.717) is 29.2 Å². The zero-order valence-corrected chi connectivity index (χ0v) is 22.4. The lowest BCUT2D eigenvalue weighted by Gasteiger charge is -2.14. The number of ether oxygens (including phenoxy) is 2. The van der Waals surface area contributed by atoms with Gasteiger partial charge in [-0.15, -0.1) is 0 Å². The van der Waals surface area contributed by atoms with Crippen LogP contribution in [0, 0.1) is 20.6 Å². The number of halogens is 1. The van der Waals surface area contributed by atoms with Gasteiger partial charge in [0.1, 0.15) is 6.61 Å². The Labute approximate surface area is 225 Å². The molecule has 3 aromatic carbocycles. The Kier molecular flexibility index (Phi) is 7.94. The maximum atomic E-state index is 12.9. The van der Waals surface area contributed by atoms with Gasteiger partial charge in [-0.1, -0.05) is 42.0 Å². The normalized spacial score (nSPS) is 14.4. The van der Waals surface area contributed by atoms with Gasteiger partial charge in [-0.25, -0.2) is 0 Å². The van der Waals surface area contributed by atoms with E-state index in [9.17, 15) is 19.7 Å². The largest absolute Gasteiger partial charge is 0.493 e. The summed E-state index contributed by atoms with van der Waals surface area (Å²) in [5.74, 6) is 0.699. The molecule has 2 amide bonds. The molecule has 0 spiro atoms. The van der Waals surface area contributed by atoms with Gasteiger partial charge in [0.25, 0.3) is 16.8 Å². The monoisotopic (exact) mass is 616 g/mol. The number of rotatable bonds is 8. The third-order valence-electron chi connectivity index (χ3n) is 5.41. The molecule has 4 rings (SSSR count). The fraction of sp³-hybridized carbons (Fsp3) is 0.154. The molecule has 1 saturated heterocycles. The number of nitro groups is 1. The predicted molar refractivity (Wildman–Crippen MR) is 146 cm³/mol. The highest BCUT2D eigenvalue weighted by molar-refractivity contribution is 14.1. The number of hydrogen-bond donors (Lipinski definition) is 0. The lowest BCUT2D eigenvalue weighted by atomic mass is 10.1. The molecule has 0 saturated carbocycles. The molecule has 8 nitrogen and oxygen atoms in total. The third kappa shape index (κ3) is 5.88. The smallest absolute Gasteiger partial charge is 0.293 e. The quantitative estimate of drug-likeness (QED) is 0.126. The van der Waals surface area contributed by atoms with Crippen molar-refractivity contribution in [3.05, 3.63) is 102 Å². The van der Waals surface area contributed by atoms with E-state index in [2.05, 4.69) is 22.6 Å². The summed E-state index contributed by atoms with van der Waals surface area (Å²) in [5.41, 5.74) is 3.47. The average molecular weight is 616 g/mol. The summed E-state index contributed by atoms with van der Waals surface area (Å²) in [6.07, 6.45) is 1.65. The van der Waals surface area contributed by atoms with E-state index in [1.165, 1.54) is 29.8 Å². The summed E-state index contributed by atoms with van der Waals surface area (Å²) in [5, 5.41) is 10.4. The van der Waals surface area contributed by atoms with Crippen LogP contribution in [0.5, 0.6) is 11.5 Å². The van der Waals surface area contributed by atoms with Crippen LogP contribution in [0.25, 0.3) is 6.08 Å². The highest BCUT2D eigenvalue weighted by atomic mass is 127. The van der Waals surface area contributed by atoms with E-state index < -0.39 is 16.1 Å². The van der Waals surface area contributed by atoms with Gasteiger partial charge in [-0.05, 0) is 76.2 Å². The van der Waals surface area contributed by atoms with Crippen molar-refractivity contribution in [1.82, 2.24) is 4.90 Å². The van der Waals surface area contributed by atoms with E-state index in [-0.39, 0.29) is 17.1 Å². The number of carbonyl (C=O) groups is 2. The van der Waals surface area contributed by atoms with Gasteiger partial charge in [0, 0.05) is 12.1 Å². The van der Waals surface area contributed by atoms with E-state index in [1.54, 1.807) is 19.3 Å². The second-order valence-corrected chi connectivity index (χ2v) is 10.2. The molecule has 0 bridgehead atoms. The third-order valence-corrected chi connectivity index (χ3v) is 7.12. The van der Waals surface area contributed by atoms with Crippen LogP contribution in [0.1, 0.15) is 22.3 Å². The van der Waals surface area contributed by atoms with Crippen LogP contribution in [0.4, 0.5) is 10.5 Å². The Morgan fingerprint density at radius 3 is 2.36 bits per heavy atom. The average Bonchev–Trinajstić information content (AvgIpc) is 3.11. The van der Waals surface area contributed by atoms with Gasteiger partial charge < -0.3 is 9.47 Å². The van der Waals surface area contributed by atoms with Gasteiger partial charge in [0.05, 0.1) is 27.1 Å². The first kappa shape index (κ1) is 25.7. The minimum Gasteiger partial charge on any atom is -0.493 e. The molecule has 0 aromatic heterocycles. The molecule has 3 aromatic rings. The number of methoxy groups -OCH3 is 1. The Bertz CT molecular complexity index is 1360. The number of benzene rings is 3. The van der Waals surface area contributed by atoms with Crippen molar-refractivity contribution >= 4 is 57.3 Å². The molecule has 36 heavy (non-hydrogen) atoms. The first-order chi connectivity index (χ1) is 17.2. The summed E-state index contributed by atoms with van der Waals surface area (Å²) in [6, 6.07) is 17.5. The van der Waals surface area contributed by atoms with Gasteiger partial charge >= 0.3 is 0 Å². The molecule has 0 N–H and O–H groups in total. The molecule has 0 atom stereocenters. The molecule has 0 radical (unpaired) electrons. The van der Waals surface area contributed by atoms with Crippen LogP contribution in [-0.2, 0) is 17.9 Å². The fourth-order valence-electron chi connectivity index (χ4n) is 3.50. The zero-order chi connectivity index (χ0) is 25.8. The van der Waals surface area contributed by atoms with Crippen LogP contribution in [0.3, 0.4) is 0 Å². The number of nitro benzene ring substituents is 1. The predicted octanol–water partition coefficient (Wildman–Crippen LogP) is 6.33. The number of amides is 2. The first-order valence-electron chi connectivity index (χ1n) is 10.8. The van der Waals surface area contributed by atoms with Crippen LogP contribution in [0.2, 0.25) is 0 Å². The molecule has 1 fully saturated rings. The zero-order valence-electron chi connectivity index (χ0n) is 19.4. The van der Waals surface area contributed by atoms with Crippen molar-refractivity contribution in [2.24, 2.45) is 0 Å². The number of nitrogens with zero attached hydrogens (tertiary/aromatic N) is 2. The highest BCUT2D eigenvalue weighted by Crippen LogP contribution is 2.38. The van der Waals surface area contributed by atoms with E-state index in [0.717, 1.165) is 25.8 Å². The molecular formula is C26H21IN2O6S. The molecule has 0 unspecified atom stereocenters. The van der Waals surface area contributed by atoms with Gasteiger partial charge in [-0.3, -0.25) is 24.6 Å². The first-order valence-corrected chi connectivity index (χ1v) is 12.7. The van der Waals surface area contributed by atoms with Gasteiger partial charge in [0.15, 0.2) is 11.5 Å². The number of imide groups is 1. The summed E-state index contributed by atoms with van der Waals surface area (Å²) >= 11 is 3.01. The van der Waals surface area contributed by atoms with Crippen molar-refractivity contribution in [2.75, 3.05) is 7.11 Å². The lowest BCUT2D eigenvalue weighted by molar-refractivity contribution is -0.384. The minimum atomic E-state index is -0.499. The number of aryl methyl sites for hydroxylation is 1. The summed E-state index contributed by atoms with van der Waals surface area (Å²) in [6.45, 7) is 2.44. The minimum absolute atomic E-state index is 0.0344. The molecule has 184 valence electrons. The van der Waals surface area contributed by atoms with Crippen molar-refractivity contribution in [2.45, 2.75) is 20.1 Å². The van der Waals surface area contributed by atoms with Crippen LogP contribution in [0.15, 0.2) is 65.6 Å². The maximum absolute atomic E-state index is 12.9. The van der Waals surface area contributed by atoms with Crippen molar-refractivity contribution in [1.29, 1.82) is 0 Å². The van der Waals surface area contributed by atoms with Crippen LogP contribution >= 0.6 is 34.4 Å². The van der Waals surface area contributed by atoms with Gasteiger partial charge in [0.2, 0.25) is 0 Å². The molecule has 1 aliphatic rings. The Balaban J connectivity index is 1.50. The molecule has 10 heteroatoms. The Morgan fingerprint density at radius 2 is 1.72 bits per heavy atom. The van der Waals surface area contributed by atoms with E-state index >= 15 is 0 Å². The fourth-order valence-corrected chi connectivity index (χ4v) is 5.12. The number of carbonyl (C=O) groups excluding carboxylic acids is 2. The lowest BCUT2D eigenvalue weighted by Crippen LogP contribution is -2.27. The van der Waals surface area contributed by atoms with E-state index in [4.69, 9.17) is 9.47 Å². The highest BCUT2D eigenvalue weighted by Gasteiger charge is 2.35. The van der Waals surface area contributed by atoms with Crippen LogP contribution < -0.4 is 9.47 Å². The number of hydrogen-bond acceptors (Lipinski definition) is 7. The molecule has 1 aliphatic heterocycles. The summed E-state index contributed by atoms with van der Waals surface area (Å²) in [4.78, 5) is 37.2. The Morgan fingerprint density at radius 1 is 1.06 bits per heavy atom. The van der Waals surface area contributed by atoms with E-state index in [1.807, 2.05) is 37.3 Å². The van der Waals surface area contributed by atoms with Crippen molar-refractivity contribution < 1.29 is 24.0 Å². The summed E-state index contributed by atoms with van der Waals surface area (Å²) in [7, 11) is 1.55. The molecule has 1 heterocycles.